The number of hydrogen-bond donors (Lipinski definition) is 1. The van der Waals surface area contributed by atoms with E-state index < -0.39 is 5.97 Å². The fraction of sp³-hybridized carbons (Fsp3) is 0.0870. The fourth-order valence-corrected chi connectivity index (χ4v) is 2.78. The molecule has 1 N–H and O–H groups in total. The van der Waals surface area contributed by atoms with Gasteiger partial charge in [-0.25, -0.2) is 4.79 Å². The lowest BCUT2D eigenvalue weighted by molar-refractivity contribution is -0.130. The van der Waals surface area contributed by atoms with Crippen molar-refractivity contribution >= 4 is 29.2 Å². The normalized spacial score (nSPS) is 11.1. The third-order valence-corrected chi connectivity index (χ3v) is 4.26. The van der Waals surface area contributed by atoms with Crippen LogP contribution in [0.3, 0.4) is 0 Å². The van der Waals surface area contributed by atoms with Gasteiger partial charge in [-0.3, -0.25) is 0 Å². The zero-order valence-electron chi connectivity index (χ0n) is 15.0. The number of ether oxygens (including phenoxy) is 2. The van der Waals surface area contributed by atoms with E-state index in [1.165, 1.54) is 0 Å². The lowest BCUT2D eigenvalue weighted by Crippen LogP contribution is -2.09. The molecule has 3 aromatic rings. The first-order valence-corrected chi connectivity index (χ1v) is 9.12. The Labute approximate surface area is 168 Å². The summed E-state index contributed by atoms with van der Waals surface area (Å²) >= 11 is 6.03. The molecular weight excluding hydrogens is 376 g/mol. The molecule has 3 rings (SSSR count). The number of aliphatic carboxylic acids is 1. The average Bonchev–Trinajstić information content (AvgIpc) is 2.72. The molecule has 0 atom stereocenters. The molecule has 5 heteroatoms. The number of halogens is 1. The van der Waals surface area contributed by atoms with E-state index in [-0.39, 0.29) is 5.57 Å². The van der Waals surface area contributed by atoms with Gasteiger partial charge >= 0.3 is 5.97 Å². The minimum atomic E-state index is -0.969. The zero-order chi connectivity index (χ0) is 19.8. The number of carboxylic acids is 1. The van der Waals surface area contributed by atoms with Gasteiger partial charge in [0.2, 0.25) is 0 Å². The van der Waals surface area contributed by atoms with Crippen LogP contribution in [0.15, 0.2) is 78.9 Å². The van der Waals surface area contributed by atoms with E-state index in [0.29, 0.717) is 35.3 Å². The molecule has 0 aliphatic carbocycles. The SMILES string of the molecule is O=C(O)/C(=C/c1ccc(OCCOc2ccccc2Cl)cc1)c1ccccc1. The van der Waals surface area contributed by atoms with Gasteiger partial charge in [0.1, 0.15) is 24.7 Å². The van der Waals surface area contributed by atoms with E-state index in [0.717, 1.165) is 5.56 Å². The van der Waals surface area contributed by atoms with Crippen molar-refractivity contribution in [3.63, 3.8) is 0 Å². The number of hydrogen-bond acceptors (Lipinski definition) is 3. The Kier molecular flexibility index (Phi) is 6.71. The van der Waals surface area contributed by atoms with Gasteiger partial charge in [0.25, 0.3) is 0 Å². The van der Waals surface area contributed by atoms with Crippen LogP contribution >= 0.6 is 11.6 Å². The molecule has 0 aliphatic rings. The van der Waals surface area contributed by atoms with Crippen LogP contribution in [0.1, 0.15) is 11.1 Å². The van der Waals surface area contributed by atoms with Crippen LogP contribution in [0, 0.1) is 0 Å². The van der Waals surface area contributed by atoms with Crippen LogP contribution in [-0.2, 0) is 4.79 Å². The van der Waals surface area contributed by atoms with E-state index in [4.69, 9.17) is 21.1 Å². The number of rotatable bonds is 8. The summed E-state index contributed by atoms with van der Waals surface area (Å²) in [7, 11) is 0. The Morgan fingerprint density at radius 3 is 2.18 bits per heavy atom. The van der Waals surface area contributed by atoms with Crippen molar-refractivity contribution < 1.29 is 19.4 Å². The second kappa shape index (κ2) is 9.62. The van der Waals surface area contributed by atoms with E-state index in [1.54, 1.807) is 42.5 Å². The summed E-state index contributed by atoms with van der Waals surface area (Å²) in [5, 5.41) is 10.0. The van der Waals surface area contributed by atoms with Crippen molar-refractivity contribution in [2.75, 3.05) is 13.2 Å². The highest BCUT2D eigenvalue weighted by molar-refractivity contribution is 6.32. The molecule has 0 bridgehead atoms. The Bertz CT molecular complexity index is 950. The first-order valence-electron chi connectivity index (χ1n) is 8.74. The molecule has 0 fully saturated rings. The maximum atomic E-state index is 11.6. The van der Waals surface area contributed by atoms with Crippen LogP contribution in [0.25, 0.3) is 11.6 Å². The molecular formula is C23H19ClO4. The predicted octanol–water partition coefficient (Wildman–Crippen LogP) is 5.42. The molecule has 0 saturated carbocycles. The average molecular weight is 395 g/mol. The van der Waals surface area contributed by atoms with E-state index in [2.05, 4.69) is 0 Å². The van der Waals surface area contributed by atoms with E-state index >= 15 is 0 Å². The summed E-state index contributed by atoms with van der Waals surface area (Å²) in [6, 6.07) is 23.5. The highest BCUT2D eigenvalue weighted by Crippen LogP contribution is 2.23. The second-order valence-electron chi connectivity index (χ2n) is 5.93. The van der Waals surface area contributed by atoms with Gasteiger partial charge in [-0.1, -0.05) is 66.2 Å². The van der Waals surface area contributed by atoms with Crippen molar-refractivity contribution in [1.29, 1.82) is 0 Å². The van der Waals surface area contributed by atoms with Gasteiger partial charge < -0.3 is 14.6 Å². The van der Waals surface area contributed by atoms with Crippen molar-refractivity contribution in [3.05, 3.63) is 95.0 Å². The van der Waals surface area contributed by atoms with Crippen molar-refractivity contribution in [3.8, 4) is 11.5 Å². The van der Waals surface area contributed by atoms with Gasteiger partial charge in [-0.05, 0) is 41.5 Å². The van der Waals surface area contributed by atoms with Crippen LogP contribution in [0.2, 0.25) is 5.02 Å². The smallest absolute Gasteiger partial charge is 0.336 e. The first kappa shape index (κ1) is 19.5. The quantitative estimate of drug-likeness (QED) is 0.315. The number of carbonyl (C=O) groups is 1. The monoisotopic (exact) mass is 394 g/mol. The largest absolute Gasteiger partial charge is 0.490 e. The van der Waals surface area contributed by atoms with Crippen LogP contribution in [0.5, 0.6) is 11.5 Å². The standard InChI is InChI=1S/C23H19ClO4/c24-21-8-4-5-9-22(21)28-15-14-27-19-12-10-17(11-13-19)16-20(23(25)26)18-6-2-1-3-7-18/h1-13,16H,14-15H2,(H,25,26)/b20-16+. The maximum Gasteiger partial charge on any atom is 0.336 e. The van der Waals surface area contributed by atoms with Gasteiger partial charge in [0.15, 0.2) is 0 Å². The second-order valence-corrected chi connectivity index (χ2v) is 6.33. The number of para-hydroxylation sites is 1. The summed E-state index contributed by atoms with van der Waals surface area (Å²) < 4.78 is 11.2. The lowest BCUT2D eigenvalue weighted by Gasteiger charge is -2.09. The Balaban J connectivity index is 1.58. The summed E-state index contributed by atoms with van der Waals surface area (Å²) in [4.78, 5) is 11.6. The summed E-state index contributed by atoms with van der Waals surface area (Å²) in [6.45, 7) is 0.730. The van der Waals surface area contributed by atoms with Crippen LogP contribution in [0.4, 0.5) is 0 Å². The zero-order valence-corrected chi connectivity index (χ0v) is 15.8. The molecule has 142 valence electrons. The van der Waals surface area contributed by atoms with Crippen molar-refractivity contribution in [1.82, 2.24) is 0 Å². The number of benzene rings is 3. The summed E-state index contributed by atoms with van der Waals surface area (Å²) in [5.74, 6) is 0.329. The van der Waals surface area contributed by atoms with Gasteiger partial charge in [0.05, 0.1) is 10.6 Å². The third-order valence-electron chi connectivity index (χ3n) is 3.95. The highest BCUT2D eigenvalue weighted by atomic mass is 35.5. The van der Waals surface area contributed by atoms with E-state index in [1.807, 2.05) is 42.5 Å². The van der Waals surface area contributed by atoms with Gasteiger partial charge in [-0.15, -0.1) is 0 Å². The Morgan fingerprint density at radius 1 is 0.857 bits per heavy atom. The molecule has 0 heterocycles. The molecule has 0 saturated heterocycles. The molecule has 0 unspecified atom stereocenters. The topological polar surface area (TPSA) is 55.8 Å². The Hall–Kier alpha value is -3.24. The Morgan fingerprint density at radius 2 is 1.50 bits per heavy atom. The van der Waals surface area contributed by atoms with E-state index in [9.17, 15) is 9.90 Å². The molecule has 0 amide bonds. The summed E-state index contributed by atoms with van der Waals surface area (Å²) in [6.07, 6.45) is 1.64. The molecule has 0 radical (unpaired) electrons. The fourth-order valence-electron chi connectivity index (χ4n) is 2.59. The third kappa shape index (κ3) is 5.38. The van der Waals surface area contributed by atoms with Gasteiger partial charge in [-0.2, -0.15) is 0 Å². The number of carboxylic acid groups (broad SMARTS) is 1. The van der Waals surface area contributed by atoms with Gasteiger partial charge in [0, 0.05) is 0 Å². The molecule has 0 spiro atoms. The molecule has 0 aliphatic heterocycles. The highest BCUT2D eigenvalue weighted by Gasteiger charge is 2.09. The first-order chi connectivity index (χ1) is 13.6. The van der Waals surface area contributed by atoms with Crippen molar-refractivity contribution in [2.24, 2.45) is 0 Å². The predicted molar refractivity (Wildman–Crippen MR) is 111 cm³/mol. The van der Waals surface area contributed by atoms with Crippen LogP contribution in [-0.4, -0.2) is 24.3 Å². The molecule has 0 aromatic heterocycles. The van der Waals surface area contributed by atoms with Crippen molar-refractivity contribution in [2.45, 2.75) is 0 Å². The minimum absolute atomic E-state index is 0.238. The summed E-state index contributed by atoms with van der Waals surface area (Å²) in [5.41, 5.74) is 1.68. The van der Waals surface area contributed by atoms with Crippen LogP contribution < -0.4 is 9.47 Å². The maximum absolute atomic E-state index is 11.6. The molecule has 3 aromatic carbocycles. The minimum Gasteiger partial charge on any atom is -0.490 e. The molecule has 28 heavy (non-hydrogen) atoms. The molecule has 4 nitrogen and oxygen atoms in total. The lowest BCUT2D eigenvalue weighted by atomic mass is 10.0.